The van der Waals surface area contributed by atoms with Crippen molar-refractivity contribution < 1.29 is 4.74 Å². The van der Waals surface area contributed by atoms with Crippen LogP contribution in [0.2, 0.25) is 0 Å². The quantitative estimate of drug-likeness (QED) is 0.557. The van der Waals surface area contributed by atoms with Crippen LogP contribution in [0.3, 0.4) is 0 Å². The molecule has 11 heteroatoms. The zero-order chi connectivity index (χ0) is 16.9. The number of aromatic nitrogens is 5. The van der Waals surface area contributed by atoms with Crippen molar-refractivity contribution in [2.45, 2.75) is 10.1 Å². The fourth-order valence-electron chi connectivity index (χ4n) is 1.83. The minimum Gasteiger partial charge on any atom is -0.495 e. The number of ether oxygens (including phenoxy) is 1. The van der Waals surface area contributed by atoms with Crippen LogP contribution in [-0.2, 0) is 5.75 Å². The summed E-state index contributed by atoms with van der Waals surface area (Å²) >= 11 is 2.74. The highest BCUT2D eigenvalue weighted by atomic mass is 32.2. The van der Waals surface area contributed by atoms with Crippen LogP contribution in [0, 0.1) is 0 Å². The number of anilines is 4. The molecular weight excluding hydrogens is 348 g/mol. The molecule has 2 aromatic heterocycles. The van der Waals surface area contributed by atoms with Gasteiger partial charge >= 0.3 is 0 Å². The third-order valence-electron chi connectivity index (χ3n) is 2.80. The molecule has 2 heterocycles. The molecule has 0 spiro atoms. The molecule has 0 aliphatic rings. The summed E-state index contributed by atoms with van der Waals surface area (Å²) in [7, 11) is 1.60. The Hall–Kier alpha value is -2.66. The molecule has 0 fully saturated rings. The Kier molecular flexibility index (Phi) is 4.91. The Morgan fingerprint density at radius 1 is 1.17 bits per heavy atom. The number of rotatable bonds is 6. The van der Waals surface area contributed by atoms with Crippen LogP contribution in [0.1, 0.15) is 5.82 Å². The molecule has 0 amide bonds. The van der Waals surface area contributed by atoms with Crippen molar-refractivity contribution in [3.05, 3.63) is 30.1 Å². The topological polar surface area (TPSA) is 138 Å². The maximum atomic E-state index is 5.77. The van der Waals surface area contributed by atoms with Gasteiger partial charge in [-0.25, -0.2) is 0 Å². The minimum atomic E-state index is 0.134. The summed E-state index contributed by atoms with van der Waals surface area (Å²) in [5.74, 6) is 2.16. The van der Waals surface area contributed by atoms with Gasteiger partial charge in [0.2, 0.25) is 17.0 Å². The Morgan fingerprint density at radius 3 is 2.75 bits per heavy atom. The number of nitrogens with two attached hydrogens (primary N) is 2. The number of nitrogens with one attached hydrogen (secondary N) is 1. The second-order valence-electron chi connectivity index (χ2n) is 4.45. The molecule has 3 aromatic rings. The molecule has 24 heavy (non-hydrogen) atoms. The van der Waals surface area contributed by atoms with E-state index in [1.165, 1.54) is 23.1 Å². The minimum absolute atomic E-state index is 0.134. The van der Waals surface area contributed by atoms with E-state index < -0.39 is 0 Å². The number of methoxy groups -OCH3 is 1. The highest BCUT2D eigenvalue weighted by Crippen LogP contribution is 2.28. The molecule has 124 valence electrons. The highest BCUT2D eigenvalue weighted by molar-refractivity contribution is 8.00. The Labute approximate surface area is 145 Å². The lowest BCUT2D eigenvalue weighted by Crippen LogP contribution is -2.07. The zero-order valence-corrected chi connectivity index (χ0v) is 14.3. The van der Waals surface area contributed by atoms with Gasteiger partial charge in [-0.3, -0.25) is 0 Å². The van der Waals surface area contributed by atoms with E-state index in [0.29, 0.717) is 28.4 Å². The standard InChI is InChI=1S/C13H14N8OS2/c1-22-8-5-3-2-4-7(8)16-12-18-9(17-10(14)19-12)6-23-13-21-20-11(15)24-13/h2-5H,6H2,1H3,(H2,15,20)(H3,14,16,17,18,19). The molecule has 5 N–H and O–H groups in total. The first-order valence-corrected chi connectivity index (χ1v) is 8.56. The van der Waals surface area contributed by atoms with Gasteiger partial charge in [0, 0.05) is 0 Å². The summed E-state index contributed by atoms with van der Waals surface area (Å²) in [5, 5.41) is 11.2. The Bertz CT molecular complexity index is 840. The van der Waals surface area contributed by atoms with Crippen molar-refractivity contribution in [2.75, 3.05) is 23.9 Å². The normalized spacial score (nSPS) is 10.5. The summed E-state index contributed by atoms with van der Waals surface area (Å²) in [6, 6.07) is 7.45. The van der Waals surface area contributed by atoms with Gasteiger partial charge in [0.05, 0.1) is 18.6 Å². The van der Waals surface area contributed by atoms with Gasteiger partial charge < -0.3 is 21.5 Å². The summed E-state index contributed by atoms with van der Waals surface area (Å²) in [5.41, 5.74) is 12.1. The summed E-state index contributed by atoms with van der Waals surface area (Å²) in [6.45, 7) is 0. The van der Waals surface area contributed by atoms with E-state index in [9.17, 15) is 0 Å². The van der Waals surface area contributed by atoms with Crippen LogP contribution >= 0.6 is 23.1 Å². The predicted molar refractivity (Wildman–Crippen MR) is 94.4 cm³/mol. The third kappa shape index (κ3) is 4.00. The smallest absolute Gasteiger partial charge is 0.232 e. The average molecular weight is 362 g/mol. The molecule has 0 aliphatic carbocycles. The second-order valence-corrected chi connectivity index (χ2v) is 6.69. The largest absolute Gasteiger partial charge is 0.495 e. The lowest BCUT2D eigenvalue weighted by Gasteiger charge is -2.10. The highest BCUT2D eigenvalue weighted by Gasteiger charge is 2.09. The van der Waals surface area contributed by atoms with Crippen LogP contribution in [0.5, 0.6) is 5.75 Å². The third-order valence-corrected chi connectivity index (χ3v) is 4.68. The van der Waals surface area contributed by atoms with Gasteiger partial charge in [-0.15, -0.1) is 10.2 Å². The van der Waals surface area contributed by atoms with E-state index in [1.807, 2.05) is 24.3 Å². The molecule has 0 bridgehead atoms. The number of nitrogen functional groups attached to an aromatic ring is 2. The van der Waals surface area contributed by atoms with Crippen molar-refractivity contribution in [3.63, 3.8) is 0 Å². The summed E-state index contributed by atoms with van der Waals surface area (Å²) < 4.78 is 6.03. The molecule has 0 unspecified atom stereocenters. The zero-order valence-electron chi connectivity index (χ0n) is 12.6. The number of thioether (sulfide) groups is 1. The van der Waals surface area contributed by atoms with Gasteiger partial charge in [-0.05, 0) is 12.1 Å². The molecule has 0 radical (unpaired) electrons. The Balaban J connectivity index is 1.76. The molecule has 0 aliphatic heterocycles. The van der Waals surface area contributed by atoms with Crippen molar-refractivity contribution in [2.24, 2.45) is 0 Å². The van der Waals surface area contributed by atoms with E-state index >= 15 is 0 Å². The maximum Gasteiger partial charge on any atom is 0.232 e. The van der Waals surface area contributed by atoms with Gasteiger partial charge in [0.15, 0.2) is 4.34 Å². The molecule has 1 aromatic carbocycles. The average Bonchev–Trinajstić information content (AvgIpc) is 2.98. The number of para-hydroxylation sites is 2. The first-order valence-electron chi connectivity index (χ1n) is 6.76. The molecule has 3 rings (SSSR count). The van der Waals surface area contributed by atoms with Gasteiger partial charge in [0.1, 0.15) is 11.6 Å². The van der Waals surface area contributed by atoms with Crippen molar-refractivity contribution in [3.8, 4) is 5.75 Å². The number of hydrogen-bond acceptors (Lipinski definition) is 11. The number of benzene rings is 1. The fourth-order valence-corrected chi connectivity index (χ4v) is 3.32. The fraction of sp³-hybridized carbons (Fsp3) is 0.154. The maximum absolute atomic E-state index is 5.77. The summed E-state index contributed by atoms with van der Waals surface area (Å²) in [4.78, 5) is 12.6. The van der Waals surface area contributed by atoms with Crippen LogP contribution in [0.4, 0.5) is 22.7 Å². The van der Waals surface area contributed by atoms with E-state index in [2.05, 4.69) is 30.5 Å². The van der Waals surface area contributed by atoms with Crippen LogP contribution in [0.25, 0.3) is 0 Å². The molecule has 0 saturated carbocycles. The van der Waals surface area contributed by atoms with Crippen molar-refractivity contribution in [1.82, 2.24) is 25.1 Å². The van der Waals surface area contributed by atoms with Crippen LogP contribution in [-0.4, -0.2) is 32.3 Å². The lowest BCUT2D eigenvalue weighted by molar-refractivity contribution is 0.417. The van der Waals surface area contributed by atoms with Crippen LogP contribution < -0.4 is 21.5 Å². The van der Waals surface area contributed by atoms with Gasteiger partial charge in [-0.2, -0.15) is 15.0 Å². The van der Waals surface area contributed by atoms with Crippen LogP contribution in [0.15, 0.2) is 28.6 Å². The van der Waals surface area contributed by atoms with Gasteiger partial charge in [0.25, 0.3) is 0 Å². The van der Waals surface area contributed by atoms with E-state index in [1.54, 1.807) is 7.11 Å². The van der Waals surface area contributed by atoms with E-state index in [4.69, 9.17) is 16.2 Å². The number of hydrogen-bond donors (Lipinski definition) is 3. The van der Waals surface area contributed by atoms with Gasteiger partial charge in [-0.1, -0.05) is 35.2 Å². The predicted octanol–water partition coefficient (Wildman–Crippen LogP) is 1.93. The summed E-state index contributed by atoms with van der Waals surface area (Å²) in [6.07, 6.45) is 0. The first-order chi connectivity index (χ1) is 11.6. The van der Waals surface area contributed by atoms with Crippen molar-refractivity contribution in [1.29, 1.82) is 0 Å². The molecule has 0 saturated heterocycles. The van der Waals surface area contributed by atoms with E-state index in [0.717, 1.165) is 10.0 Å². The monoisotopic (exact) mass is 362 g/mol. The molecular formula is C13H14N8OS2. The lowest BCUT2D eigenvalue weighted by atomic mass is 10.3. The second kappa shape index (κ2) is 7.27. The molecule has 9 nitrogen and oxygen atoms in total. The number of nitrogens with zero attached hydrogens (tertiary/aromatic N) is 5. The first kappa shape index (κ1) is 16.2. The van der Waals surface area contributed by atoms with E-state index in [-0.39, 0.29) is 5.95 Å². The molecule has 0 atom stereocenters. The Morgan fingerprint density at radius 2 is 2.00 bits per heavy atom. The van der Waals surface area contributed by atoms with Crippen molar-refractivity contribution >= 4 is 45.8 Å². The SMILES string of the molecule is COc1ccccc1Nc1nc(N)nc(CSc2nnc(N)s2)n1.